The third-order valence-electron chi connectivity index (χ3n) is 5.61. The molecule has 0 spiro atoms. The van der Waals surface area contributed by atoms with Gasteiger partial charge in [0.15, 0.2) is 16.6 Å². The van der Waals surface area contributed by atoms with E-state index >= 15 is 0 Å². The average molecular weight is 488 g/mol. The van der Waals surface area contributed by atoms with Crippen LogP contribution in [0.4, 0.5) is 5.13 Å². The third kappa shape index (κ3) is 3.81. The molecule has 0 saturated carbocycles. The largest absolute Gasteiger partial charge is 0.454 e. The summed E-state index contributed by atoms with van der Waals surface area (Å²) in [6, 6.07) is 11.6. The molecule has 2 aromatic heterocycles. The molecular formula is C23H22ClN3O3S2. The molecule has 0 aliphatic carbocycles. The Labute approximate surface area is 198 Å². The van der Waals surface area contributed by atoms with Crippen LogP contribution in [0.5, 0.6) is 11.5 Å². The highest BCUT2D eigenvalue weighted by molar-refractivity contribution is 7.23. The summed E-state index contributed by atoms with van der Waals surface area (Å²) >= 11 is 9.55. The maximum atomic E-state index is 13.8. The van der Waals surface area contributed by atoms with Crippen molar-refractivity contribution in [1.29, 1.82) is 0 Å². The highest BCUT2D eigenvalue weighted by Crippen LogP contribution is 2.41. The van der Waals surface area contributed by atoms with Crippen molar-refractivity contribution in [3.05, 3.63) is 46.3 Å². The van der Waals surface area contributed by atoms with E-state index in [4.69, 9.17) is 26.1 Å². The number of fused-ring (bicyclic) bond motifs is 3. The Balaban J connectivity index is 1.54. The van der Waals surface area contributed by atoms with Gasteiger partial charge in [0, 0.05) is 35.3 Å². The van der Waals surface area contributed by atoms with E-state index in [1.54, 1.807) is 4.90 Å². The van der Waals surface area contributed by atoms with Crippen molar-refractivity contribution in [1.82, 2.24) is 9.88 Å². The second kappa shape index (κ2) is 8.86. The number of thiazole rings is 1. The van der Waals surface area contributed by atoms with Gasteiger partial charge in [-0.3, -0.25) is 9.69 Å². The van der Waals surface area contributed by atoms with Gasteiger partial charge in [-0.1, -0.05) is 55.0 Å². The summed E-state index contributed by atoms with van der Waals surface area (Å²) in [5.41, 5.74) is 0.789. The van der Waals surface area contributed by atoms with Crippen molar-refractivity contribution in [2.75, 3.05) is 37.9 Å². The molecule has 0 radical (unpaired) electrons. The van der Waals surface area contributed by atoms with Crippen LogP contribution in [0, 0.1) is 0 Å². The lowest BCUT2D eigenvalue weighted by atomic mass is 10.2. The molecular weight excluding hydrogens is 466 g/mol. The van der Waals surface area contributed by atoms with Gasteiger partial charge in [-0.15, -0.1) is 11.3 Å². The van der Waals surface area contributed by atoms with Gasteiger partial charge in [0.05, 0.1) is 15.2 Å². The van der Waals surface area contributed by atoms with Gasteiger partial charge in [-0.05, 0) is 19.2 Å². The summed E-state index contributed by atoms with van der Waals surface area (Å²) in [7, 11) is 0. The summed E-state index contributed by atoms with van der Waals surface area (Å²) < 4.78 is 12.9. The quantitative estimate of drug-likeness (QED) is 0.325. The van der Waals surface area contributed by atoms with Crippen LogP contribution in [-0.4, -0.2) is 48.8 Å². The minimum atomic E-state index is -0.123. The molecule has 0 saturated heterocycles. The average Bonchev–Trinajstić information content (AvgIpc) is 3.51. The predicted octanol–water partition coefficient (Wildman–Crippen LogP) is 5.88. The van der Waals surface area contributed by atoms with Crippen molar-refractivity contribution in [3.63, 3.8) is 0 Å². The maximum absolute atomic E-state index is 13.8. The molecule has 166 valence electrons. The van der Waals surface area contributed by atoms with Crippen LogP contribution in [0.15, 0.2) is 36.4 Å². The van der Waals surface area contributed by atoms with Gasteiger partial charge in [0.25, 0.3) is 5.91 Å². The molecule has 1 aliphatic heterocycles. The smallest absolute Gasteiger partial charge is 0.271 e. The number of nitrogens with zero attached hydrogens (tertiary/aromatic N) is 3. The van der Waals surface area contributed by atoms with Crippen molar-refractivity contribution < 1.29 is 14.3 Å². The van der Waals surface area contributed by atoms with Crippen LogP contribution >= 0.6 is 34.3 Å². The first-order chi connectivity index (χ1) is 15.6. The molecule has 1 amide bonds. The van der Waals surface area contributed by atoms with Gasteiger partial charge in [0.2, 0.25) is 6.79 Å². The Morgan fingerprint density at radius 1 is 1.06 bits per heavy atom. The number of amides is 1. The zero-order valence-corrected chi connectivity index (χ0v) is 20.1. The summed E-state index contributed by atoms with van der Waals surface area (Å²) in [5.74, 6) is 1.27. The Bertz CT molecular complexity index is 1260. The van der Waals surface area contributed by atoms with Gasteiger partial charge < -0.3 is 14.4 Å². The number of rotatable bonds is 7. The van der Waals surface area contributed by atoms with Crippen LogP contribution in [0.2, 0.25) is 5.02 Å². The number of aromatic nitrogens is 1. The fourth-order valence-corrected chi connectivity index (χ4v) is 6.22. The number of halogens is 1. The molecule has 0 N–H and O–H groups in total. The number of anilines is 1. The van der Waals surface area contributed by atoms with Gasteiger partial charge in [-0.25, -0.2) is 4.98 Å². The van der Waals surface area contributed by atoms with Crippen LogP contribution in [0.3, 0.4) is 0 Å². The van der Waals surface area contributed by atoms with Crippen LogP contribution < -0.4 is 14.4 Å². The van der Waals surface area contributed by atoms with Gasteiger partial charge in [0.1, 0.15) is 4.88 Å². The van der Waals surface area contributed by atoms with Crippen molar-refractivity contribution in [2.45, 2.75) is 13.8 Å². The fourth-order valence-electron chi connectivity index (χ4n) is 3.76. The first kappa shape index (κ1) is 21.5. The number of hydrogen-bond donors (Lipinski definition) is 0. The lowest BCUT2D eigenvalue weighted by Gasteiger charge is -2.24. The van der Waals surface area contributed by atoms with E-state index < -0.39 is 0 Å². The number of hydrogen-bond acceptors (Lipinski definition) is 7. The number of benzene rings is 2. The predicted molar refractivity (Wildman–Crippen MR) is 132 cm³/mol. The third-order valence-corrected chi connectivity index (χ3v) is 8.32. The Morgan fingerprint density at radius 2 is 1.81 bits per heavy atom. The van der Waals surface area contributed by atoms with Crippen molar-refractivity contribution >= 4 is 65.6 Å². The number of likely N-dealkylation sites (N-methyl/N-ethyl adjacent to an activating group) is 1. The Morgan fingerprint density at radius 3 is 2.56 bits per heavy atom. The first-order valence-corrected chi connectivity index (χ1v) is 12.5. The fraction of sp³-hybridized carbons (Fsp3) is 0.304. The van der Waals surface area contributed by atoms with Crippen LogP contribution in [0.1, 0.15) is 23.5 Å². The normalized spacial score (nSPS) is 12.9. The summed E-state index contributed by atoms with van der Waals surface area (Å²) in [5, 5.41) is 2.06. The van der Waals surface area contributed by atoms with Crippen LogP contribution in [0.25, 0.3) is 20.3 Å². The maximum Gasteiger partial charge on any atom is 0.271 e. The molecule has 3 heterocycles. The van der Waals surface area contributed by atoms with Crippen LogP contribution in [-0.2, 0) is 0 Å². The first-order valence-electron chi connectivity index (χ1n) is 10.5. The molecule has 1 aliphatic rings. The lowest BCUT2D eigenvalue weighted by Crippen LogP contribution is -2.38. The highest BCUT2D eigenvalue weighted by atomic mass is 35.5. The van der Waals surface area contributed by atoms with E-state index in [1.807, 2.05) is 36.4 Å². The number of carbonyl (C=O) groups excluding carboxylic acids is 1. The van der Waals surface area contributed by atoms with Crippen molar-refractivity contribution in [3.8, 4) is 11.5 Å². The SMILES string of the molecule is CCN(CC)CCN(C(=O)c1sc2ccccc2c1Cl)c1nc2cc3c(cc2s1)OCO3. The van der Waals surface area contributed by atoms with Gasteiger partial charge in [-0.2, -0.15) is 0 Å². The molecule has 0 fully saturated rings. The van der Waals surface area contributed by atoms with E-state index in [2.05, 4.69) is 18.7 Å². The van der Waals surface area contributed by atoms with E-state index in [0.717, 1.165) is 39.9 Å². The van der Waals surface area contributed by atoms with Crippen molar-refractivity contribution in [2.24, 2.45) is 0 Å². The zero-order valence-electron chi connectivity index (χ0n) is 17.8. The number of thiophene rings is 1. The molecule has 2 aromatic carbocycles. The number of ether oxygens (including phenoxy) is 2. The minimum Gasteiger partial charge on any atom is -0.454 e. The van der Waals surface area contributed by atoms with E-state index in [9.17, 15) is 4.79 Å². The molecule has 9 heteroatoms. The minimum absolute atomic E-state index is 0.123. The second-order valence-corrected chi connectivity index (χ2v) is 9.83. The van der Waals surface area contributed by atoms with E-state index in [0.29, 0.717) is 33.1 Å². The standard InChI is InChI=1S/C23H22ClN3O3S2/c1-3-26(4-2)9-10-27(22(28)21-20(24)14-7-5-6-8-18(14)31-21)23-25-15-11-16-17(30-13-29-16)12-19(15)32-23/h5-8,11-12H,3-4,9-10,13H2,1-2H3. The Hall–Kier alpha value is -2.39. The topological polar surface area (TPSA) is 54.9 Å². The Kier molecular flexibility index (Phi) is 5.94. The molecule has 32 heavy (non-hydrogen) atoms. The van der Waals surface area contributed by atoms with E-state index in [1.165, 1.54) is 22.7 Å². The molecule has 4 aromatic rings. The molecule has 6 nitrogen and oxygen atoms in total. The molecule has 0 atom stereocenters. The van der Waals surface area contributed by atoms with Gasteiger partial charge >= 0.3 is 0 Å². The summed E-state index contributed by atoms with van der Waals surface area (Å²) in [6.45, 7) is 7.58. The molecule has 5 rings (SSSR count). The summed E-state index contributed by atoms with van der Waals surface area (Å²) in [6.07, 6.45) is 0. The molecule has 0 unspecified atom stereocenters. The highest BCUT2D eigenvalue weighted by Gasteiger charge is 2.27. The number of carbonyl (C=O) groups is 1. The second-order valence-electron chi connectivity index (χ2n) is 7.39. The monoisotopic (exact) mass is 487 g/mol. The molecule has 0 bridgehead atoms. The summed E-state index contributed by atoms with van der Waals surface area (Å²) in [4.78, 5) is 23.1. The van der Waals surface area contributed by atoms with E-state index in [-0.39, 0.29) is 12.7 Å². The zero-order chi connectivity index (χ0) is 22.2. The lowest BCUT2D eigenvalue weighted by molar-refractivity contribution is 0.0988.